The highest BCUT2D eigenvalue weighted by atomic mass is 28.3. The lowest BCUT2D eigenvalue weighted by atomic mass is 10.3. The highest BCUT2D eigenvalue weighted by Gasteiger charge is 2.19. The first-order valence-corrected chi connectivity index (χ1v) is 9.75. The summed E-state index contributed by atoms with van der Waals surface area (Å²) in [7, 11) is -1.27. The van der Waals surface area contributed by atoms with Gasteiger partial charge in [0, 0.05) is 14.1 Å². The maximum Gasteiger partial charge on any atom is 0.546 e. The minimum Gasteiger partial charge on any atom is -0.386 e. The number of carbonyl (C=O) groups excluding carboxylic acids is 1. The van der Waals surface area contributed by atoms with E-state index in [-0.39, 0.29) is 18.0 Å². The molecule has 0 bridgehead atoms. The van der Waals surface area contributed by atoms with Gasteiger partial charge in [-0.3, -0.25) is 15.0 Å². The number of hydrogen-bond acceptors (Lipinski definition) is 6. The number of nitro groups is 1. The Morgan fingerprint density at radius 1 is 1.30 bits per heavy atom. The molecule has 0 fully saturated rings. The fourth-order valence-electron chi connectivity index (χ4n) is 1.24. The molecular weight excluding hydrogens is 282 g/mol. The standard InChI is InChI=1S/C12H17NO6Si/c1-20(2,3)9-8-17-19-12(14)18-11-7-5-4-6-10(11)13(15)16/h4-7H,8-9H2,1-3H3. The highest BCUT2D eigenvalue weighted by Crippen LogP contribution is 2.26. The molecule has 0 atom stereocenters. The molecule has 20 heavy (non-hydrogen) atoms. The number of carbonyl (C=O) groups is 1. The molecular formula is C12H17NO6Si. The summed E-state index contributed by atoms with van der Waals surface area (Å²) in [4.78, 5) is 30.6. The second kappa shape index (κ2) is 7.01. The van der Waals surface area contributed by atoms with Crippen LogP contribution in [0.2, 0.25) is 25.7 Å². The zero-order chi connectivity index (χ0) is 15.2. The topological polar surface area (TPSA) is 87.9 Å². The zero-order valence-corrected chi connectivity index (χ0v) is 12.6. The molecule has 0 unspecified atom stereocenters. The molecule has 0 spiro atoms. The van der Waals surface area contributed by atoms with Crippen molar-refractivity contribution in [3.63, 3.8) is 0 Å². The summed E-state index contributed by atoms with van der Waals surface area (Å²) in [5, 5.41) is 10.7. The average Bonchev–Trinajstić information content (AvgIpc) is 2.34. The van der Waals surface area contributed by atoms with Gasteiger partial charge in [-0.2, -0.15) is 4.89 Å². The summed E-state index contributed by atoms with van der Waals surface area (Å²) in [5.74, 6) is -0.184. The lowest BCUT2D eigenvalue weighted by Crippen LogP contribution is -2.22. The molecule has 8 heteroatoms. The smallest absolute Gasteiger partial charge is 0.386 e. The molecule has 0 radical (unpaired) electrons. The van der Waals surface area contributed by atoms with Crippen LogP contribution in [0.3, 0.4) is 0 Å². The molecule has 7 nitrogen and oxygen atoms in total. The fraction of sp³-hybridized carbons (Fsp3) is 0.417. The van der Waals surface area contributed by atoms with E-state index in [0.717, 1.165) is 6.04 Å². The van der Waals surface area contributed by atoms with Crippen LogP contribution in [0.4, 0.5) is 10.5 Å². The number of ether oxygens (including phenoxy) is 1. The number of nitrogens with zero attached hydrogens (tertiary/aromatic N) is 1. The predicted molar refractivity (Wildman–Crippen MR) is 74.3 cm³/mol. The molecule has 0 aliphatic rings. The van der Waals surface area contributed by atoms with E-state index in [1.54, 1.807) is 0 Å². The minimum absolute atomic E-state index is 0.184. The van der Waals surface area contributed by atoms with Crippen LogP contribution in [0.1, 0.15) is 0 Å². The summed E-state index contributed by atoms with van der Waals surface area (Å²) in [6.07, 6.45) is -1.13. The maximum absolute atomic E-state index is 11.3. The summed E-state index contributed by atoms with van der Waals surface area (Å²) in [5.41, 5.74) is -0.313. The van der Waals surface area contributed by atoms with Crippen molar-refractivity contribution in [2.24, 2.45) is 0 Å². The van der Waals surface area contributed by atoms with Gasteiger partial charge in [0.05, 0.1) is 11.5 Å². The van der Waals surface area contributed by atoms with Crippen molar-refractivity contribution in [1.82, 2.24) is 0 Å². The van der Waals surface area contributed by atoms with E-state index in [4.69, 9.17) is 9.62 Å². The monoisotopic (exact) mass is 299 g/mol. The third-order valence-corrected chi connectivity index (χ3v) is 4.02. The van der Waals surface area contributed by atoms with E-state index in [0.29, 0.717) is 0 Å². The Morgan fingerprint density at radius 2 is 1.95 bits per heavy atom. The van der Waals surface area contributed by atoms with Crippen LogP contribution in [-0.4, -0.2) is 25.8 Å². The Labute approximate surface area is 117 Å². The van der Waals surface area contributed by atoms with E-state index in [2.05, 4.69) is 24.5 Å². The van der Waals surface area contributed by atoms with Crippen molar-refractivity contribution in [1.29, 1.82) is 0 Å². The van der Waals surface area contributed by atoms with Crippen molar-refractivity contribution in [2.45, 2.75) is 25.7 Å². The second-order valence-electron chi connectivity index (χ2n) is 5.29. The van der Waals surface area contributed by atoms with Gasteiger partial charge in [-0.25, -0.2) is 4.79 Å². The third-order valence-electron chi connectivity index (χ3n) is 2.32. The molecule has 0 aliphatic carbocycles. The fourth-order valence-corrected chi connectivity index (χ4v) is 1.93. The summed E-state index contributed by atoms with van der Waals surface area (Å²) >= 11 is 0. The van der Waals surface area contributed by atoms with Crippen LogP contribution < -0.4 is 4.74 Å². The van der Waals surface area contributed by atoms with Crippen molar-refractivity contribution in [2.75, 3.05) is 6.61 Å². The number of benzene rings is 1. The molecule has 1 rings (SSSR count). The maximum atomic E-state index is 11.3. The van der Waals surface area contributed by atoms with E-state index >= 15 is 0 Å². The highest BCUT2D eigenvalue weighted by molar-refractivity contribution is 6.76. The van der Waals surface area contributed by atoms with E-state index in [1.165, 1.54) is 24.3 Å². The number of rotatable bonds is 6. The van der Waals surface area contributed by atoms with Gasteiger partial charge in [-0.05, 0) is 12.1 Å². The van der Waals surface area contributed by atoms with Crippen LogP contribution in [0, 0.1) is 10.1 Å². The molecule has 1 aromatic carbocycles. The number of hydrogen-bond donors (Lipinski definition) is 0. The molecule has 110 valence electrons. The van der Waals surface area contributed by atoms with Crippen molar-refractivity contribution < 1.29 is 24.2 Å². The molecule has 0 saturated heterocycles. The van der Waals surface area contributed by atoms with Crippen molar-refractivity contribution in [3.05, 3.63) is 34.4 Å². The predicted octanol–water partition coefficient (Wildman–Crippen LogP) is 3.38. The summed E-state index contributed by atoms with van der Waals surface area (Å²) < 4.78 is 4.72. The normalized spacial score (nSPS) is 10.9. The third kappa shape index (κ3) is 5.80. The van der Waals surface area contributed by atoms with E-state index in [1.807, 2.05) is 0 Å². The van der Waals surface area contributed by atoms with E-state index in [9.17, 15) is 14.9 Å². The van der Waals surface area contributed by atoms with Gasteiger partial charge in [0.2, 0.25) is 5.75 Å². The summed E-state index contributed by atoms with van der Waals surface area (Å²) in [6.45, 7) is 6.74. The molecule has 0 amide bonds. The van der Waals surface area contributed by atoms with Gasteiger partial charge in [0.25, 0.3) is 0 Å². The number of para-hydroxylation sites is 2. The van der Waals surface area contributed by atoms with Gasteiger partial charge < -0.3 is 4.74 Å². The SMILES string of the molecule is C[Si](C)(C)CCOOC(=O)Oc1ccccc1[N+](=O)[O-]. The minimum atomic E-state index is -1.27. The largest absolute Gasteiger partial charge is 0.546 e. The average molecular weight is 299 g/mol. The van der Waals surface area contributed by atoms with Gasteiger partial charge in [-0.15, -0.1) is 0 Å². The quantitative estimate of drug-likeness (QED) is 0.152. The molecule has 0 heterocycles. The number of nitro benzene ring substituents is 1. The lowest BCUT2D eigenvalue weighted by molar-refractivity contribution is -0.385. The first kappa shape index (κ1) is 16.1. The van der Waals surface area contributed by atoms with E-state index < -0.39 is 19.2 Å². The molecule has 0 aliphatic heterocycles. The first-order valence-electron chi connectivity index (χ1n) is 6.04. The Bertz CT molecular complexity index is 485. The van der Waals surface area contributed by atoms with Gasteiger partial charge in [0.15, 0.2) is 0 Å². The van der Waals surface area contributed by atoms with Crippen LogP contribution in [0.5, 0.6) is 5.75 Å². The zero-order valence-electron chi connectivity index (χ0n) is 11.6. The summed E-state index contributed by atoms with van der Waals surface area (Å²) in [6, 6.07) is 6.35. The molecule has 1 aromatic rings. The van der Waals surface area contributed by atoms with Gasteiger partial charge >= 0.3 is 11.8 Å². The van der Waals surface area contributed by atoms with Gasteiger partial charge in [-0.1, -0.05) is 31.8 Å². The molecule has 0 saturated carbocycles. The molecule has 0 N–H and O–H groups in total. The first-order chi connectivity index (χ1) is 9.29. The Hall–Kier alpha value is -1.93. The van der Waals surface area contributed by atoms with Gasteiger partial charge in [0.1, 0.15) is 0 Å². The Morgan fingerprint density at radius 3 is 2.55 bits per heavy atom. The van der Waals surface area contributed by atoms with Crippen molar-refractivity contribution in [3.8, 4) is 5.75 Å². The van der Waals surface area contributed by atoms with Crippen LogP contribution in [0.25, 0.3) is 0 Å². The Kier molecular flexibility index (Phi) is 5.65. The lowest BCUT2D eigenvalue weighted by Gasteiger charge is -2.14. The van der Waals surface area contributed by atoms with Crippen LogP contribution >= 0.6 is 0 Å². The Balaban J connectivity index is 2.45. The molecule has 0 aromatic heterocycles. The van der Waals surface area contributed by atoms with Crippen LogP contribution in [0.15, 0.2) is 24.3 Å². The van der Waals surface area contributed by atoms with Crippen LogP contribution in [-0.2, 0) is 9.78 Å². The second-order valence-corrected chi connectivity index (χ2v) is 10.9. The van der Waals surface area contributed by atoms with Crippen molar-refractivity contribution >= 4 is 19.9 Å².